The van der Waals surface area contributed by atoms with E-state index in [2.05, 4.69) is 24.1 Å². The number of carbonyl (C=O) groups excluding carboxylic acids is 1. The molecule has 1 atom stereocenters. The Morgan fingerprint density at radius 1 is 1.06 bits per heavy atom. The summed E-state index contributed by atoms with van der Waals surface area (Å²) in [6.45, 7) is 8.23. The van der Waals surface area contributed by atoms with Crippen molar-refractivity contribution in [1.82, 2.24) is 15.2 Å². The molecule has 7 nitrogen and oxygen atoms in total. The predicted molar refractivity (Wildman–Crippen MR) is 134 cm³/mol. The number of nitrogens with one attached hydrogen (secondary N) is 1. The van der Waals surface area contributed by atoms with Gasteiger partial charge in [0.05, 0.1) is 44.2 Å². The topological polar surface area (TPSA) is 72.9 Å². The quantitative estimate of drug-likeness (QED) is 0.544. The first-order chi connectivity index (χ1) is 16.5. The van der Waals surface area contributed by atoms with E-state index in [9.17, 15) is 4.79 Å². The second-order valence-electron chi connectivity index (χ2n) is 8.81. The molecule has 0 aliphatic carbocycles. The lowest BCUT2D eigenvalue weighted by atomic mass is 10.0. The van der Waals surface area contributed by atoms with Crippen LogP contribution in [0.3, 0.4) is 0 Å². The molecule has 0 saturated carbocycles. The fourth-order valence-corrected chi connectivity index (χ4v) is 4.49. The van der Waals surface area contributed by atoms with E-state index in [1.165, 1.54) is 0 Å². The fraction of sp³-hybridized carbons (Fsp3) is 0.407. The fourth-order valence-electron chi connectivity index (χ4n) is 4.49. The maximum absolute atomic E-state index is 13.4. The molecular weight excluding hydrogens is 430 g/mol. The van der Waals surface area contributed by atoms with Crippen LogP contribution in [0.1, 0.15) is 24.2 Å². The Bertz CT molecular complexity index is 1140. The maximum atomic E-state index is 13.4. The van der Waals surface area contributed by atoms with Crippen LogP contribution in [-0.2, 0) is 4.74 Å². The zero-order chi connectivity index (χ0) is 24.1. The van der Waals surface area contributed by atoms with Gasteiger partial charge in [-0.15, -0.1) is 0 Å². The lowest BCUT2D eigenvalue weighted by Crippen LogP contribution is -2.51. The molecule has 3 aromatic rings. The summed E-state index contributed by atoms with van der Waals surface area (Å²) in [7, 11) is 3.21. The van der Waals surface area contributed by atoms with E-state index in [-0.39, 0.29) is 11.9 Å². The predicted octanol–water partition coefficient (Wildman–Crippen LogP) is 4.01. The van der Waals surface area contributed by atoms with Crippen molar-refractivity contribution in [2.45, 2.75) is 19.9 Å². The van der Waals surface area contributed by atoms with Gasteiger partial charge in [0.1, 0.15) is 0 Å². The summed E-state index contributed by atoms with van der Waals surface area (Å²) >= 11 is 0. The minimum Gasteiger partial charge on any atom is -0.493 e. The lowest BCUT2D eigenvalue weighted by Gasteiger charge is -2.37. The average molecular weight is 464 g/mol. The van der Waals surface area contributed by atoms with E-state index in [1.54, 1.807) is 14.2 Å². The minimum atomic E-state index is -0.0979. The highest BCUT2D eigenvalue weighted by Crippen LogP contribution is 2.33. The van der Waals surface area contributed by atoms with Gasteiger partial charge in [-0.2, -0.15) is 0 Å². The smallest absolute Gasteiger partial charge is 0.252 e. The Morgan fingerprint density at radius 2 is 1.79 bits per heavy atom. The molecule has 1 amide bonds. The van der Waals surface area contributed by atoms with E-state index >= 15 is 0 Å². The van der Waals surface area contributed by atoms with E-state index in [0.29, 0.717) is 35.2 Å². The SMILES string of the molecule is COc1ccc(-c2cc(C(=O)NC[C@H](C(C)C)N3CCOCC3)c3ccccc3n2)cc1OC. The molecule has 0 unspecified atom stereocenters. The van der Waals surface area contributed by atoms with Crippen molar-refractivity contribution in [2.24, 2.45) is 5.92 Å². The Balaban J connectivity index is 1.64. The molecule has 7 heteroatoms. The highest BCUT2D eigenvalue weighted by molar-refractivity contribution is 6.07. The Labute approximate surface area is 201 Å². The number of morpholine rings is 1. The number of methoxy groups -OCH3 is 2. The number of pyridine rings is 1. The third kappa shape index (κ3) is 5.16. The number of aromatic nitrogens is 1. The number of hydrogen-bond acceptors (Lipinski definition) is 6. The highest BCUT2D eigenvalue weighted by Gasteiger charge is 2.25. The number of hydrogen-bond donors (Lipinski definition) is 1. The number of ether oxygens (including phenoxy) is 3. The van der Waals surface area contributed by atoms with Crippen molar-refractivity contribution in [3.8, 4) is 22.8 Å². The van der Waals surface area contributed by atoms with Crippen molar-refractivity contribution in [2.75, 3.05) is 47.1 Å². The Kier molecular flexibility index (Phi) is 7.65. The number of fused-ring (bicyclic) bond motifs is 1. The summed E-state index contributed by atoms with van der Waals surface area (Å²) in [5.74, 6) is 1.58. The maximum Gasteiger partial charge on any atom is 0.252 e. The second kappa shape index (κ2) is 10.8. The van der Waals surface area contributed by atoms with Crippen molar-refractivity contribution in [3.63, 3.8) is 0 Å². The van der Waals surface area contributed by atoms with Gasteiger partial charge in [-0.3, -0.25) is 9.69 Å². The van der Waals surface area contributed by atoms with Gasteiger partial charge in [-0.05, 0) is 36.2 Å². The van der Waals surface area contributed by atoms with Crippen LogP contribution in [0.25, 0.3) is 22.2 Å². The molecule has 1 aromatic heterocycles. The van der Waals surface area contributed by atoms with Crippen molar-refractivity contribution in [3.05, 3.63) is 54.1 Å². The summed E-state index contributed by atoms with van der Waals surface area (Å²) in [5, 5.41) is 4.03. The van der Waals surface area contributed by atoms with Crippen molar-refractivity contribution >= 4 is 16.8 Å². The largest absolute Gasteiger partial charge is 0.493 e. The van der Waals surface area contributed by atoms with Gasteiger partial charge < -0.3 is 19.5 Å². The van der Waals surface area contributed by atoms with Gasteiger partial charge in [0.15, 0.2) is 11.5 Å². The first-order valence-corrected chi connectivity index (χ1v) is 11.7. The van der Waals surface area contributed by atoms with Gasteiger partial charge in [-0.25, -0.2) is 4.98 Å². The number of amides is 1. The van der Waals surface area contributed by atoms with Gasteiger partial charge in [0.2, 0.25) is 0 Å². The molecule has 1 aliphatic heterocycles. The van der Waals surface area contributed by atoms with Gasteiger partial charge in [0, 0.05) is 36.6 Å². The molecule has 4 rings (SSSR count). The molecule has 1 N–H and O–H groups in total. The van der Waals surface area contributed by atoms with E-state index in [4.69, 9.17) is 19.2 Å². The average Bonchev–Trinajstić information content (AvgIpc) is 2.88. The lowest BCUT2D eigenvalue weighted by molar-refractivity contribution is 0.00673. The molecule has 2 heterocycles. The molecule has 34 heavy (non-hydrogen) atoms. The standard InChI is InChI=1S/C27H33N3O4/c1-18(2)24(30-11-13-34-14-12-30)17-28-27(31)21-16-23(29-22-8-6-5-7-20(21)22)19-9-10-25(32-3)26(15-19)33-4/h5-10,15-16,18,24H,11-14,17H2,1-4H3,(H,28,31)/t24-/m1/s1. The van der Waals surface area contributed by atoms with Crippen LogP contribution in [0.2, 0.25) is 0 Å². The highest BCUT2D eigenvalue weighted by atomic mass is 16.5. The van der Waals surface area contributed by atoms with Crippen LogP contribution in [0, 0.1) is 5.92 Å². The normalized spacial score (nSPS) is 15.3. The van der Waals surface area contributed by atoms with E-state index in [0.717, 1.165) is 42.8 Å². The summed E-state index contributed by atoms with van der Waals surface area (Å²) in [4.78, 5) is 20.7. The second-order valence-corrected chi connectivity index (χ2v) is 8.81. The van der Waals surface area contributed by atoms with Crippen molar-refractivity contribution < 1.29 is 19.0 Å². The first kappa shape index (κ1) is 24.0. The van der Waals surface area contributed by atoms with Crippen LogP contribution >= 0.6 is 0 Å². The number of para-hydroxylation sites is 1. The molecule has 1 aliphatic rings. The van der Waals surface area contributed by atoms with Crippen LogP contribution in [0.15, 0.2) is 48.5 Å². The summed E-state index contributed by atoms with van der Waals surface area (Å²) in [5.41, 5.74) is 2.94. The summed E-state index contributed by atoms with van der Waals surface area (Å²) in [6.07, 6.45) is 0. The van der Waals surface area contributed by atoms with Gasteiger partial charge in [-0.1, -0.05) is 32.0 Å². The van der Waals surface area contributed by atoms with Crippen LogP contribution < -0.4 is 14.8 Å². The molecular formula is C27H33N3O4. The minimum absolute atomic E-state index is 0.0979. The zero-order valence-electron chi connectivity index (χ0n) is 20.3. The number of nitrogens with zero attached hydrogens (tertiary/aromatic N) is 2. The van der Waals surface area contributed by atoms with E-state index in [1.807, 2.05) is 48.5 Å². The van der Waals surface area contributed by atoms with Crippen LogP contribution in [0.5, 0.6) is 11.5 Å². The molecule has 0 spiro atoms. The monoisotopic (exact) mass is 463 g/mol. The number of carbonyl (C=O) groups is 1. The number of rotatable bonds is 8. The van der Waals surface area contributed by atoms with Crippen LogP contribution in [-0.4, -0.2) is 68.9 Å². The Hall–Kier alpha value is -3.16. The molecule has 0 radical (unpaired) electrons. The van der Waals surface area contributed by atoms with E-state index < -0.39 is 0 Å². The third-order valence-electron chi connectivity index (χ3n) is 6.40. The third-order valence-corrected chi connectivity index (χ3v) is 6.40. The molecule has 1 saturated heterocycles. The van der Waals surface area contributed by atoms with Crippen molar-refractivity contribution in [1.29, 1.82) is 0 Å². The molecule has 1 fully saturated rings. The van der Waals surface area contributed by atoms with Gasteiger partial charge >= 0.3 is 0 Å². The Morgan fingerprint density at radius 3 is 2.50 bits per heavy atom. The first-order valence-electron chi connectivity index (χ1n) is 11.7. The zero-order valence-corrected chi connectivity index (χ0v) is 20.3. The molecule has 2 aromatic carbocycles. The van der Waals surface area contributed by atoms with Crippen LogP contribution in [0.4, 0.5) is 0 Å². The van der Waals surface area contributed by atoms with Gasteiger partial charge in [0.25, 0.3) is 5.91 Å². The summed E-state index contributed by atoms with van der Waals surface area (Å²) in [6, 6.07) is 15.5. The number of benzene rings is 2. The molecule has 0 bridgehead atoms. The molecule has 180 valence electrons. The summed E-state index contributed by atoms with van der Waals surface area (Å²) < 4.78 is 16.3.